The number of rotatable bonds is 5. The lowest BCUT2D eigenvalue weighted by molar-refractivity contribution is 0.210. The topological polar surface area (TPSA) is 35.2 Å². The van der Waals surface area contributed by atoms with Crippen molar-refractivity contribution in [2.75, 3.05) is 0 Å². The van der Waals surface area contributed by atoms with Crippen LogP contribution < -0.4 is 10.5 Å². The van der Waals surface area contributed by atoms with Crippen LogP contribution in [0.25, 0.3) is 0 Å². The summed E-state index contributed by atoms with van der Waals surface area (Å²) in [5, 5.41) is 0. The molecule has 1 aromatic carbocycles. The Morgan fingerprint density at radius 1 is 1.41 bits per heavy atom. The molecule has 1 aromatic rings. The molecule has 0 aliphatic heterocycles. The predicted molar refractivity (Wildman–Crippen MR) is 71.1 cm³/mol. The van der Waals surface area contributed by atoms with Crippen LogP contribution in [0.3, 0.4) is 0 Å². The Kier molecular flexibility index (Phi) is 4.21. The van der Waals surface area contributed by atoms with Gasteiger partial charge in [-0.3, -0.25) is 0 Å². The third-order valence-electron chi connectivity index (χ3n) is 3.31. The molecule has 1 fully saturated rings. The molecule has 0 bridgehead atoms. The molecule has 17 heavy (non-hydrogen) atoms. The molecule has 1 aliphatic rings. The van der Waals surface area contributed by atoms with Gasteiger partial charge in [0.15, 0.2) is 0 Å². The zero-order valence-corrected chi connectivity index (χ0v) is 10.3. The molecule has 92 valence electrons. The first-order chi connectivity index (χ1) is 8.29. The molecule has 1 aliphatic carbocycles. The van der Waals surface area contributed by atoms with Gasteiger partial charge in [0.1, 0.15) is 5.75 Å². The van der Waals surface area contributed by atoms with E-state index in [0.29, 0.717) is 6.10 Å². The molecule has 0 unspecified atom stereocenters. The Morgan fingerprint density at radius 3 is 2.88 bits per heavy atom. The lowest BCUT2D eigenvalue weighted by Crippen LogP contribution is -2.12. The second kappa shape index (κ2) is 5.87. The lowest BCUT2D eigenvalue weighted by atomic mass is 10.0. The summed E-state index contributed by atoms with van der Waals surface area (Å²) in [6.07, 6.45) is 8.01. The van der Waals surface area contributed by atoms with Gasteiger partial charge in [-0.2, -0.15) is 0 Å². The summed E-state index contributed by atoms with van der Waals surface area (Å²) in [5.41, 5.74) is 7.18. The summed E-state index contributed by atoms with van der Waals surface area (Å²) in [6, 6.07) is 8.17. The summed E-state index contributed by atoms with van der Waals surface area (Å²) in [7, 11) is 0. The predicted octanol–water partition coefficient (Wildman–Crippen LogP) is 3.58. The first-order valence-electron chi connectivity index (χ1n) is 6.42. The molecule has 1 saturated carbocycles. The third kappa shape index (κ3) is 3.34. The smallest absolute Gasteiger partial charge is 0.120 e. The molecule has 2 rings (SSSR count). The van der Waals surface area contributed by atoms with Crippen LogP contribution in [-0.4, -0.2) is 6.10 Å². The van der Waals surface area contributed by atoms with Crippen molar-refractivity contribution in [2.45, 2.75) is 44.2 Å². The van der Waals surface area contributed by atoms with E-state index in [2.05, 4.69) is 18.7 Å². The largest absolute Gasteiger partial charge is 0.490 e. The molecule has 0 aromatic heterocycles. The zero-order valence-electron chi connectivity index (χ0n) is 10.3. The fourth-order valence-electron chi connectivity index (χ4n) is 2.33. The molecule has 2 N–H and O–H groups in total. The van der Waals surface area contributed by atoms with Crippen molar-refractivity contribution in [3.8, 4) is 5.75 Å². The van der Waals surface area contributed by atoms with Crippen LogP contribution in [0.1, 0.15) is 43.7 Å². The second-order valence-corrected chi connectivity index (χ2v) is 4.73. The van der Waals surface area contributed by atoms with Gasteiger partial charge in [-0.25, -0.2) is 0 Å². The van der Waals surface area contributed by atoms with E-state index in [1.54, 1.807) is 0 Å². The van der Waals surface area contributed by atoms with Gasteiger partial charge in [0.2, 0.25) is 0 Å². The van der Waals surface area contributed by atoms with E-state index in [0.717, 1.165) is 17.7 Å². The molecular weight excluding hydrogens is 210 g/mol. The SMILES string of the molecule is C=CC[C@@H](N)c1cccc(OC2CCCC2)c1. The average molecular weight is 231 g/mol. The second-order valence-electron chi connectivity index (χ2n) is 4.73. The number of hydrogen-bond donors (Lipinski definition) is 1. The van der Waals surface area contributed by atoms with Gasteiger partial charge < -0.3 is 10.5 Å². The first kappa shape index (κ1) is 12.2. The maximum atomic E-state index is 6.06. The summed E-state index contributed by atoms with van der Waals surface area (Å²) in [4.78, 5) is 0. The van der Waals surface area contributed by atoms with Gasteiger partial charge in [-0.15, -0.1) is 6.58 Å². The van der Waals surface area contributed by atoms with E-state index in [1.807, 2.05) is 18.2 Å². The highest BCUT2D eigenvalue weighted by Crippen LogP contribution is 2.26. The van der Waals surface area contributed by atoms with Crippen molar-refractivity contribution in [1.82, 2.24) is 0 Å². The van der Waals surface area contributed by atoms with Gasteiger partial charge in [-0.05, 0) is 49.8 Å². The number of hydrogen-bond acceptors (Lipinski definition) is 2. The van der Waals surface area contributed by atoms with Crippen LogP contribution in [0.4, 0.5) is 0 Å². The van der Waals surface area contributed by atoms with E-state index in [1.165, 1.54) is 25.7 Å². The first-order valence-corrected chi connectivity index (χ1v) is 6.42. The highest BCUT2D eigenvalue weighted by atomic mass is 16.5. The summed E-state index contributed by atoms with van der Waals surface area (Å²) >= 11 is 0. The van der Waals surface area contributed by atoms with Gasteiger partial charge in [-0.1, -0.05) is 18.2 Å². The van der Waals surface area contributed by atoms with Crippen LogP contribution in [0.5, 0.6) is 5.75 Å². The lowest BCUT2D eigenvalue weighted by Gasteiger charge is -2.15. The monoisotopic (exact) mass is 231 g/mol. The highest BCUT2D eigenvalue weighted by molar-refractivity contribution is 5.31. The van der Waals surface area contributed by atoms with E-state index in [4.69, 9.17) is 10.5 Å². The molecule has 2 heteroatoms. The van der Waals surface area contributed by atoms with E-state index < -0.39 is 0 Å². The van der Waals surface area contributed by atoms with Gasteiger partial charge in [0.25, 0.3) is 0 Å². The Morgan fingerprint density at radius 2 is 2.18 bits per heavy atom. The van der Waals surface area contributed by atoms with Crippen molar-refractivity contribution in [2.24, 2.45) is 5.73 Å². The fourth-order valence-corrected chi connectivity index (χ4v) is 2.33. The van der Waals surface area contributed by atoms with Crippen molar-refractivity contribution in [3.05, 3.63) is 42.5 Å². The van der Waals surface area contributed by atoms with Crippen LogP contribution in [-0.2, 0) is 0 Å². The minimum Gasteiger partial charge on any atom is -0.490 e. The minimum absolute atomic E-state index is 0.0274. The van der Waals surface area contributed by atoms with Crippen molar-refractivity contribution in [3.63, 3.8) is 0 Å². The Labute approximate surface area is 103 Å². The van der Waals surface area contributed by atoms with Crippen LogP contribution >= 0.6 is 0 Å². The zero-order chi connectivity index (χ0) is 12.1. The number of nitrogens with two attached hydrogens (primary N) is 1. The standard InChI is InChI=1S/C15H21NO/c1-2-6-15(16)12-7-5-10-14(11-12)17-13-8-3-4-9-13/h2,5,7,10-11,13,15H,1,3-4,6,8-9,16H2/t15-/m1/s1. The Balaban J connectivity index is 2.02. The number of benzene rings is 1. The van der Waals surface area contributed by atoms with Crippen molar-refractivity contribution < 1.29 is 4.74 Å². The van der Waals surface area contributed by atoms with Crippen LogP contribution in [0, 0.1) is 0 Å². The Hall–Kier alpha value is -1.28. The molecule has 0 heterocycles. The summed E-state index contributed by atoms with van der Waals surface area (Å²) in [5.74, 6) is 0.953. The molecule has 1 atom stereocenters. The van der Waals surface area contributed by atoms with Gasteiger partial charge in [0.05, 0.1) is 6.10 Å². The van der Waals surface area contributed by atoms with Crippen LogP contribution in [0.15, 0.2) is 36.9 Å². The molecular formula is C15H21NO. The molecule has 0 amide bonds. The van der Waals surface area contributed by atoms with Gasteiger partial charge in [0, 0.05) is 6.04 Å². The number of ether oxygens (including phenoxy) is 1. The van der Waals surface area contributed by atoms with E-state index >= 15 is 0 Å². The maximum absolute atomic E-state index is 6.06. The normalized spacial score (nSPS) is 17.9. The fraction of sp³-hybridized carbons (Fsp3) is 0.467. The third-order valence-corrected chi connectivity index (χ3v) is 3.31. The highest BCUT2D eigenvalue weighted by Gasteiger charge is 2.16. The minimum atomic E-state index is 0.0274. The van der Waals surface area contributed by atoms with Crippen LogP contribution in [0.2, 0.25) is 0 Å². The van der Waals surface area contributed by atoms with Crippen molar-refractivity contribution in [1.29, 1.82) is 0 Å². The summed E-state index contributed by atoms with van der Waals surface area (Å²) in [6.45, 7) is 3.72. The average Bonchev–Trinajstić information content (AvgIpc) is 2.82. The molecule has 0 saturated heterocycles. The molecule has 0 spiro atoms. The molecule has 0 radical (unpaired) electrons. The Bertz CT molecular complexity index is 369. The summed E-state index contributed by atoms with van der Waals surface area (Å²) < 4.78 is 5.96. The van der Waals surface area contributed by atoms with E-state index in [-0.39, 0.29) is 6.04 Å². The molecule has 2 nitrogen and oxygen atoms in total. The maximum Gasteiger partial charge on any atom is 0.120 e. The van der Waals surface area contributed by atoms with E-state index in [9.17, 15) is 0 Å². The van der Waals surface area contributed by atoms with Gasteiger partial charge >= 0.3 is 0 Å². The van der Waals surface area contributed by atoms with Crippen molar-refractivity contribution >= 4 is 0 Å². The quantitative estimate of drug-likeness (QED) is 0.786.